The first-order valence-corrected chi connectivity index (χ1v) is 8.55. The van der Waals surface area contributed by atoms with Crippen LogP contribution in [0, 0.1) is 11.8 Å². The summed E-state index contributed by atoms with van der Waals surface area (Å²) < 4.78 is 0. The molecule has 1 N–H and O–H groups in total. The van der Waals surface area contributed by atoms with Crippen LogP contribution in [0.15, 0.2) is 4.99 Å². The molecule has 2 saturated heterocycles. The van der Waals surface area contributed by atoms with Crippen molar-refractivity contribution in [2.45, 2.75) is 38.5 Å². The van der Waals surface area contributed by atoms with Crippen molar-refractivity contribution in [1.29, 1.82) is 0 Å². The summed E-state index contributed by atoms with van der Waals surface area (Å²) in [6.07, 6.45) is 8.51. The summed E-state index contributed by atoms with van der Waals surface area (Å²) in [5, 5.41) is 3.58. The highest BCUT2D eigenvalue weighted by atomic mass is 15.3. The molecule has 2 atom stereocenters. The second-order valence-corrected chi connectivity index (χ2v) is 6.73. The Morgan fingerprint density at radius 3 is 2.30 bits per heavy atom. The lowest BCUT2D eigenvalue weighted by atomic mass is 9.82. The van der Waals surface area contributed by atoms with Gasteiger partial charge in [-0.25, -0.2) is 0 Å². The highest BCUT2D eigenvalue weighted by molar-refractivity contribution is 5.80. The maximum absolute atomic E-state index is 4.51. The fourth-order valence-corrected chi connectivity index (χ4v) is 4.24. The van der Waals surface area contributed by atoms with Gasteiger partial charge in [-0.15, -0.1) is 0 Å². The molecule has 0 amide bonds. The maximum atomic E-state index is 4.51. The monoisotopic (exact) mass is 278 g/mol. The molecule has 1 aliphatic carbocycles. The van der Waals surface area contributed by atoms with Crippen LogP contribution in [0.1, 0.15) is 38.5 Å². The molecular formula is C16H30N4. The Balaban J connectivity index is 1.44. The van der Waals surface area contributed by atoms with Gasteiger partial charge in [-0.05, 0) is 50.6 Å². The Labute approximate surface area is 123 Å². The number of hydrogen-bond donors (Lipinski definition) is 1. The molecule has 3 fully saturated rings. The summed E-state index contributed by atoms with van der Waals surface area (Å²) in [7, 11) is 1.93. The zero-order chi connectivity index (χ0) is 13.8. The van der Waals surface area contributed by atoms with Gasteiger partial charge in [0.15, 0.2) is 5.96 Å². The topological polar surface area (TPSA) is 30.9 Å². The van der Waals surface area contributed by atoms with Crippen LogP contribution in [0.5, 0.6) is 0 Å². The van der Waals surface area contributed by atoms with E-state index >= 15 is 0 Å². The van der Waals surface area contributed by atoms with E-state index in [0.717, 1.165) is 24.3 Å². The van der Waals surface area contributed by atoms with Gasteiger partial charge >= 0.3 is 0 Å². The first-order chi connectivity index (χ1) is 9.86. The Hall–Kier alpha value is -0.770. The van der Waals surface area contributed by atoms with Gasteiger partial charge in [-0.1, -0.05) is 12.8 Å². The van der Waals surface area contributed by atoms with Gasteiger partial charge in [0.1, 0.15) is 0 Å². The predicted octanol–water partition coefficient (Wildman–Crippen LogP) is 1.78. The Bertz CT molecular complexity index is 321. The lowest BCUT2D eigenvalue weighted by Gasteiger charge is -2.23. The first kappa shape index (κ1) is 14.2. The Morgan fingerprint density at radius 2 is 1.70 bits per heavy atom. The highest BCUT2D eigenvalue weighted by Crippen LogP contribution is 2.35. The Morgan fingerprint density at radius 1 is 1.05 bits per heavy atom. The summed E-state index contributed by atoms with van der Waals surface area (Å²) in [5.74, 6) is 3.00. The van der Waals surface area contributed by atoms with Crippen LogP contribution in [-0.2, 0) is 0 Å². The molecule has 3 aliphatic rings. The molecule has 4 heteroatoms. The van der Waals surface area contributed by atoms with E-state index in [-0.39, 0.29) is 0 Å². The zero-order valence-corrected chi connectivity index (χ0v) is 13.0. The molecule has 0 aromatic carbocycles. The van der Waals surface area contributed by atoms with Crippen molar-refractivity contribution < 1.29 is 0 Å². The van der Waals surface area contributed by atoms with Gasteiger partial charge in [0, 0.05) is 33.2 Å². The lowest BCUT2D eigenvalue weighted by Crippen LogP contribution is -2.43. The number of guanidine groups is 1. The summed E-state index contributed by atoms with van der Waals surface area (Å²) in [6, 6.07) is 0. The number of aliphatic imine (C=N–C) groups is 1. The third kappa shape index (κ3) is 3.27. The molecule has 2 heterocycles. The highest BCUT2D eigenvalue weighted by Gasteiger charge is 2.35. The first-order valence-electron chi connectivity index (χ1n) is 8.55. The molecule has 4 nitrogen and oxygen atoms in total. The number of hydrogen-bond acceptors (Lipinski definition) is 2. The summed E-state index contributed by atoms with van der Waals surface area (Å²) in [4.78, 5) is 9.57. The predicted molar refractivity (Wildman–Crippen MR) is 84.1 cm³/mol. The molecule has 0 aromatic rings. The van der Waals surface area contributed by atoms with Gasteiger partial charge in [0.05, 0.1) is 0 Å². The van der Waals surface area contributed by atoms with Gasteiger partial charge in [0.25, 0.3) is 0 Å². The largest absolute Gasteiger partial charge is 0.355 e. The van der Waals surface area contributed by atoms with Crippen molar-refractivity contribution in [2.75, 3.05) is 46.3 Å². The van der Waals surface area contributed by atoms with Crippen molar-refractivity contribution in [3.8, 4) is 0 Å². The van der Waals surface area contributed by atoms with Crippen molar-refractivity contribution in [3.05, 3.63) is 0 Å². The SMILES string of the molecule is CN=C(NCCN1CCCC1)N1CC2CCCCC2C1. The molecule has 2 aliphatic heterocycles. The standard InChI is InChI=1S/C16H30N4/c1-17-16(18-8-11-19-9-4-5-10-19)20-12-14-6-2-3-7-15(14)13-20/h14-15H,2-13H2,1H3,(H,17,18). The zero-order valence-electron chi connectivity index (χ0n) is 13.0. The van der Waals surface area contributed by atoms with E-state index in [2.05, 4.69) is 20.1 Å². The lowest BCUT2D eigenvalue weighted by molar-refractivity contribution is 0.299. The Kier molecular flexibility index (Phi) is 4.81. The average Bonchev–Trinajstić information content (AvgIpc) is 3.12. The van der Waals surface area contributed by atoms with Crippen LogP contribution in [0.2, 0.25) is 0 Å². The molecule has 2 unspecified atom stereocenters. The minimum atomic E-state index is 0.931. The minimum absolute atomic E-state index is 0.931. The quantitative estimate of drug-likeness (QED) is 0.630. The second-order valence-electron chi connectivity index (χ2n) is 6.73. The van der Waals surface area contributed by atoms with Gasteiger partial charge in [-0.3, -0.25) is 4.99 Å². The van der Waals surface area contributed by atoms with Crippen LogP contribution in [0.25, 0.3) is 0 Å². The molecule has 3 rings (SSSR count). The van der Waals surface area contributed by atoms with E-state index in [0.29, 0.717) is 0 Å². The summed E-state index contributed by atoms with van der Waals surface area (Å²) in [5.41, 5.74) is 0. The van der Waals surface area contributed by atoms with Crippen molar-refractivity contribution in [2.24, 2.45) is 16.8 Å². The van der Waals surface area contributed by atoms with E-state index in [9.17, 15) is 0 Å². The fourth-order valence-electron chi connectivity index (χ4n) is 4.24. The van der Waals surface area contributed by atoms with Crippen LogP contribution < -0.4 is 5.32 Å². The molecule has 0 aromatic heterocycles. The van der Waals surface area contributed by atoms with Crippen molar-refractivity contribution in [1.82, 2.24) is 15.1 Å². The molecule has 1 saturated carbocycles. The molecule has 0 radical (unpaired) electrons. The molecule has 0 bridgehead atoms. The number of nitrogens with zero attached hydrogens (tertiary/aromatic N) is 3. The maximum Gasteiger partial charge on any atom is 0.193 e. The number of nitrogens with one attached hydrogen (secondary N) is 1. The average molecular weight is 278 g/mol. The third-order valence-electron chi connectivity index (χ3n) is 5.40. The van der Waals surface area contributed by atoms with Crippen LogP contribution in [0.3, 0.4) is 0 Å². The normalized spacial score (nSPS) is 31.6. The van der Waals surface area contributed by atoms with Crippen LogP contribution in [-0.4, -0.2) is 62.1 Å². The van der Waals surface area contributed by atoms with E-state index in [1.807, 2.05) is 7.05 Å². The minimum Gasteiger partial charge on any atom is -0.355 e. The fraction of sp³-hybridized carbons (Fsp3) is 0.938. The second kappa shape index (κ2) is 6.79. The molecule has 0 spiro atoms. The molecule has 20 heavy (non-hydrogen) atoms. The van der Waals surface area contributed by atoms with E-state index in [1.54, 1.807) is 0 Å². The third-order valence-corrected chi connectivity index (χ3v) is 5.40. The number of fused-ring (bicyclic) bond motifs is 1. The number of rotatable bonds is 3. The molecular weight excluding hydrogens is 248 g/mol. The van der Waals surface area contributed by atoms with Crippen molar-refractivity contribution >= 4 is 5.96 Å². The van der Waals surface area contributed by atoms with Gasteiger partial charge in [0.2, 0.25) is 0 Å². The number of likely N-dealkylation sites (tertiary alicyclic amines) is 2. The van der Waals surface area contributed by atoms with Gasteiger partial charge in [-0.2, -0.15) is 0 Å². The van der Waals surface area contributed by atoms with Crippen molar-refractivity contribution in [3.63, 3.8) is 0 Å². The summed E-state index contributed by atoms with van der Waals surface area (Å²) >= 11 is 0. The van der Waals surface area contributed by atoms with E-state index in [1.165, 1.54) is 71.2 Å². The van der Waals surface area contributed by atoms with E-state index in [4.69, 9.17) is 0 Å². The van der Waals surface area contributed by atoms with Crippen LogP contribution >= 0.6 is 0 Å². The van der Waals surface area contributed by atoms with E-state index < -0.39 is 0 Å². The smallest absolute Gasteiger partial charge is 0.193 e. The summed E-state index contributed by atoms with van der Waals surface area (Å²) in [6.45, 7) is 7.24. The van der Waals surface area contributed by atoms with Crippen LogP contribution in [0.4, 0.5) is 0 Å². The molecule has 114 valence electrons. The van der Waals surface area contributed by atoms with Gasteiger partial charge < -0.3 is 15.1 Å².